The van der Waals surface area contributed by atoms with Crippen LogP contribution in [0.5, 0.6) is 0 Å². The minimum atomic E-state index is -0.369. The molecule has 0 saturated carbocycles. The van der Waals surface area contributed by atoms with E-state index in [0.717, 1.165) is 6.42 Å². The van der Waals surface area contributed by atoms with E-state index in [2.05, 4.69) is 18.6 Å². The third-order valence-corrected chi connectivity index (χ3v) is 2.35. The summed E-state index contributed by atoms with van der Waals surface area (Å²) in [6.07, 6.45) is 1.69. The molecule has 0 heterocycles. The molecule has 0 aliphatic heterocycles. The van der Waals surface area contributed by atoms with E-state index in [1.807, 2.05) is 0 Å². The Hall–Kier alpha value is -1.06. The quantitative estimate of drug-likeness (QED) is 0.629. The van der Waals surface area contributed by atoms with Crippen LogP contribution in [0.15, 0.2) is 0 Å². The Morgan fingerprint density at radius 2 is 1.81 bits per heavy atom. The van der Waals surface area contributed by atoms with Crippen LogP contribution in [0.25, 0.3) is 0 Å². The maximum absolute atomic E-state index is 11.4. The molecule has 0 spiro atoms. The number of esters is 2. The van der Waals surface area contributed by atoms with Crippen molar-refractivity contribution in [3.63, 3.8) is 0 Å². The van der Waals surface area contributed by atoms with Crippen LogP contribution in [0.3, 0.4) is 0 Å². The molecule has 0 bridgehead atoms. The van der Waals surface area contributed by atoms with Gasteiger partial charge in [-0.1, -0.05) is 20.3 Å². The standard InChI is InChI=1S/C12H22O4/c1-5-16-11(13)8-10(12(14)15-4)7-6-9(2)3/h9-10H,5-8H2,1-4H3. The molecule has 0 saturated heterocycles. The molecular weight excluding hydrogens is 208 g/mol. The number of hydrogen-bond acceptors (Lipinski definition) is 4. The van der Waals surface area contributed by atoms with Crippen molar-refractivity contribution in [2.24, 2.45) is 11.8 Å². The van der Waals surface area contributed by atoms with E-state index in [1.54, 1.807) is 6.92 Å². The van der Waals surface area contributed by atoms with Gasteiger partial charge in [-0.25, -0.2) is 0 Å². The molecule has 0 aliphatic carbocycles. The van der Waals surface area contributed by atoms with Gasteiger partial charge in [0.1, 0.15) is 0 Å². The Morgan fingerprint density at radius 3 is 2.25 bits per heavy atom. The zero-order valence-electron chi connectivity index (χ0n) is 10.6. The molecule has 0 N–H and O–H groups in total. The zero-order chi connectivity index (χ0) is 12.6. The average molecular weight is 230 g/mol. The molecule has 0 aromatic carbocycles. The molecule has 1 unspecified atom stereocenters. The molecular formula is C12H22O4. The number of carbonyl (C=O) groups is 2. The third-order valence-electron chi connectivity index (χ3n) is 2.35. The minimum Gasteiger partial charge on any atom is -0.469 e. The molecule has 94 valence electrons. The van der Waals surface area contributed by atoms with E-state index in [9.17, 15) is 9.59 Å². The lowest BCUT2D eigenvalue weighted by Gasteiger charge is -2.14. The monoisotopic (exact) mass is 230 g/mol. The fraction of sp³-hybridized carbons (Fsp3) is 0.833. The Balaban J connectivity index is 4.20. The molecule has 0 aromatic heterocycles. The Labute approximate surface area is 97.3 Å². The van der Waals surface area contributed by atoms with E-state index in [4.69, 9.17) is 4.74 Å². The third kappa shape index (κ3) is 6.43. The molecule has 4 nitrogen and oxygen atoms in total. The van der Waals surface area contributed by atoms with Crippen LogP contribution < -0.4 is 0 Å². The highest BCUT2D eigenvalue weighted by Crippen LogP contribution is 2.17. The number of hydrogen-bond donors (Lipinski definition) is 0. The van der Waals surface area contributed by atoms with Gasteiger partial charge >= 0.3 is 11.9 Å². The minimum absolute atomic E-state index is 0.118. The Morgan fingerprint density at radius 1 is 1.19 bits per heavy atom. The van der Waals surface area contributed by atoms with E-state index in [0.29, 0.717) is 18.9 Å². The second-order valence-electron chi connectivity index (χ2n) is 4.20. The summed E-state index contributed by atoms with van der Waals surface area (Å²) >= 11 is 0. The fourth-order valence-corrected chi connectivity index (χ4v) is 1.43. The van der Waals surface area contributed by atoms with Gasteiger partial charge in [-0.05, 0) is 19.3 Å². The van der Waals surface area contributed by atoms with Crippen molar-refractivity contribution in [2.45, 2.75) is 40.0 Å². The molecule has 0 amide bonds. The molecule has 0 aromatic rings. The summed E-state index contributed by atoms with van der Waals surface area (Å²) in [5.74, 6) is -0.517. The Kier molecular flexibility index (Phi) is 7.60. The summed E-state index contributed by atoms with van der Waals surface area (Å²) in [6, 6.07) is 0. The largest absolute Gasteiger partial charge is 0.469 e. The summed E-state index contributed by atoms with van der Waals surface area (Å²) in [4.78, 5) is 22.7. The first-order valence-electron chi connectivity index (χ1n) is 5.74. The number of methoxy groups -OCH3 is 1. The van der Waals surface area contributed by atoms with Gasteiger partial charge < -0.3 is 9.47 Å². The second-order valence-corrected chi connectivity index (χ2v) is 4.20. The second kappa shape index (κ2) is 8.13. The maximum Gasteiger partial charge on any atom is 0.309 e. The predicted molar refractivity (Wildman–Crippen MR) is 60.8 cm³/mol. The molecule has 0 rings (SSSR count). The van der Waals surface area contributed by atoms with E-state index in [1.165, 1.54) is 7.11 Å². The number of carbonyl (C=O) groups excluding carboxylic acids is 2. The van der Waals surface area contributed by atoms with Gasteiger partial charge in [0.05, 0.1) is 26.1 Å². The van der Waals surface area contributed by atoms with Crippen LogP contribution in [0.1, 0.15) is 40.0 Å². The first-order valence-corrected chi connectivity index (χ1v) is 5.74. The lowest BCUT2D eigenvalue weighted by atomic mass is 9.95. The summed E-state index contributed by atoms with van der Waals surface area (Å²) in [6.45, 7) is 6.26. The molecule has 4 heteroatoms. The lowest BCUT2D eigenvalue weighted by molar-refractivity contribution is -0.153. The van der Waals surface area contributed by atoms with Crippen molar-refractivity contribution < 1.29 is 19.1 Å². The van der Waals surface area contributed by atoms with Crippen molar-refractivity contribution in [2.75, 3.05) is 13.7 Å². The van der Waals surface area contributed by atoms with Gasteiger partial charge in [0.25, 0.3) is 0 Å². The first-order chi connectivity index (χ1) is 7.51. The predicted octanol–water partition coefficient (Wildman–Crippen LogP) is 2.17. The van der Waals surface area contributed by atoms with Gasteiger partial charge in [-0.15, -0.1) is 0 Å². The summed E-state index contributed by atoms with van der Waals surface area (Å²) in [7, 11) is 1.34. The highest BCUT2D eigenvalue weighted by atomic mass is 16.5. The van der Waals surface area contributed by atoms with Crippen molar-refractivity contribution in [3.8, 4) is 0 Å². The summed E-state index contributed by atoms with van der Waals surface area (Å²) in [5.41, 5.74) is 0. The summed E-state index contributed by atoms with van der Waals surface area (Å²) in [5, 5.41) is 0. The summed E-state index contributed by atoms with van der Waals surface area (Å²) < 4.78 is 9.50. The van der Waals surface area contributed by atoms with Gasteiger partial charge in [0, 0.05) is 0 Å². The van der Waals surface area contributed by atoms with E-state index in [-0.39, 0.29) is 24.3 Å². The van der Waals surface area contributed by atoms with Crippen molar-refractivity contribution in [1.29, 1.82) is 0 Å². The average Bonchev–Trinajstić information content (AvgIpc) is 2.23. The van der Waals surface area contributed by atoms with Gasteiger partial charge in [-0.3, -0.25) is 9.59 Å². The maximum atomic E-state index is 11.4. The fourth-order valence-electron chi connectivity index (χ4n) is 1.43. The van der Waals surface area contributed by atoms with Crippen LogP contribution in [0.2, 0.25) is 0 Å². The zero-order valence-corrected chi connectivity index (χ0v) is 10.6. The normalized spacial score (nSPS) is 12.3. The molecule has 1 atom stereocenters. The van der Waals surface area contributed by atoms with Crippen molar-refractivity contribution in [1.82, 2.24) is 0 Å². The van der Waals surface area contributed by atoms with Crippen LogP contribution >= 0.6 is 0 Å². The van der Waals surface area contributed by atoms with Gasteiger partial charge in [-0.2, -0.15) is 0 Å². The van der Waals surface area contributed by atoms with E-state index < -0.39 is 0 Å². The smallest absolute Gasteiger partial charge is 0.309 e. The number of rotatable bonds is 7. The SMILES string of the molecule is CCOC(=O)CC(CCC(C)C)C(=O)OC. The van der Waals surface area contributed by atoms with Crippen LogP contribution in [-0.4, -0.2) is 25.7 Å². The van der Waals surface area contributed by atoms with Gasteiger partial charge in [0.2, 0.25) is 0 Å². The highest BCUT2D eigenvalue weighted by Gasteiger charge is 2.23. The topological polar surface area (TPSA) is 52.6 Å². The van der Waals surface area contributed by atoms with E-state index >= 15 is 0 Å². The lowest BCUT2D eigenvalue weighted by Crippen LogP contribution is -2.21. The molecule has 0 radical (unpaired) electrons. The highest BCUT2D eigenvalue weighted by molar-refractivity contribution is 5.79. The van der Waals surface area contributed by atoms with Crippen molar-refractivity contribution in [3.05, 3.63) is 0 Å². The molecule has 0 aliphatic rings. The number of ether oxygens (including phenoxy) is 2. The van der Waals surface area contributed by atoms with Crippen molar-refractivity contribution >= 4 is 11.9 Å². The van der Waals surface area contributed by atoms with Gasteiger partial charge in [0.15, 0.2) is 0 Å². The molecule has 16 heavy (non-hydrogen) atoms. The van der Waals surface area contributed by atoms with Crippen LogP contribution in [0.4, 0.5) is 0 Å². The van der Waals surface area contributed by atoms with Crippen LogP contribution in [0, 0.1) is 11.8 Å². The van der Waals surface area contributed by atoms with Crippen LogP contribution in [-0.2, 0) is 19.1 Å². The first kappa shape index (κ1) is 14.9. The Bertz CT molecular complexity index is 223. The molecule has 0 fully saturated rings.